The first kappa shape index (κ1) is 13.8. The van der Waals surface area contributed by atoms with Gasteiger partial charge in [0, 0.05) is 18.7 Å². The van der Waals surface area contributed by atoms with E-state index in [1.165, 1.54) is 17.0 Å². The van der Waals surface area contributed by atoms with E-state index < -0.39 is 15.5 Å². The zero-order valence-electron chi connectivity index (χ0n) is 10.5. The van der Waals surface area contributed by atoms with Crippen molar-refractivity contribution in [2.45, 2.75) is 19.4 Å². The predicted octanol–water partition coefficient (Wildman–Crippen LogP) is 0.289. The standard InChI is InChI=1S/C12H15NO5S/c1-2-13(10-5-6-19(16,17)8-10)12(15)9-3-4-11(14)18-7-9/h3-4,7,10H,2,5-6,8H2,1H3. The Morgan fingerprint density at radius 1 is 1.47 bits per heavy atom. The van der Waals surface area contributed by atoms with Gasteiger partial charge in [-0.1, -0.05) is 0 Å². The number of rotatable bonds is 3. The fraction of sp³-hybridized carbons (Fsp3) is 0.500. The van der Waals surface area contributed by atoms with E-state index in [1.807, 2.05) is 0 Å². The van der Waals surface area contributed by atoms with E-state index in [-0.39, 0.29) is 29.0 Å². The Labute approximate surface area is 110 Å². The molecule has 0 radical (unpaired) electrons. The lowest BCUT2D eigenvalue weighted by Crippen LogP contribution is -2.41. The van der Waals surface area contributed by atoms with E-state index in [1.54, 1.807) is 6.92 Å². The Kier molecular flexibility index (Phi) is 3.75. The molecular formula is C12H15NO5S. The highest BCUT2D eigenvalue weighted by Crippen LogP contribution is 2.19. The highest BCUT2D eigenvalue weighted by Gasteiger charge is 2.34. The van der Waals surface area contributed by atoms with Gasteiger partial charge >= 0.3 is 5.63 Å². The fourth-order valence-corrected chi connectivity index (χ4v) is 3.97. The molecule has 1 aliphatic rings. The minimum absolute atomic E-state index is 0.00334. The second kappa shape index (κ2) is 5.16. The largest absolute Gasteiger partial charge is 0.430 e. The normalized spacial score (nSPS) is 21.2. The van der Waals surface area contributed by atoms with Crippen molar-refractivity contribution in [3.05, 3.63) is 34.4 Å². The van der Waals surface area contributed by atoms with E-state index >= 15 is 0 Å². The van der Waals surface area contributed by atoms with E-state index in [9.17, 15) is 18.0 Å². The number of amides is 1. The Hall–Kier alpha value is -1.63. The van der Waals surface area contributed by atoms with Gasteiger partial charge in [0.1, 0.15) is 6.26 Å². The van der Waals surface area contributed by atoms with Gasteiger partial charge in [0.05, 0.1) is 17.1 Å². The molecule has 1 unspecified atom stereocenters. The molecule has 0 saturated carbocycles. The van der Waals surface area contributed by atoms with Gasteiger partial charge in [-0.15, -0.1) is 0 Å². The van der Waals surface area contributed by atoms with Crippen LogP contribution in [0.5, 0.6) is 0 Å². The third kappa shape index (κ3) is 3.04. The molecule has 6 nitrogen and oxygen atoms in total. The average molecular weight is 285 g/mol. The van der Waals surface area contributed by atoms with Crippen LogP contribution < -0.4 is 5.63 Å². The summed E-state index contributed by atoms with van der Waals surface area (Å²) < 4.78 is 27.6. The second-order valence-corrected chi connectivity index (χ2v) is 6.72. The first-order chi connectivity index (χ1) is 8.93. The minimum Gasteiger partial charge on any atom is -0.430 e. The summed E-state index contributed by atoms with van der Waals surface area (Å²) in [5, 5.41) is 0. The predicted molar refractivity (Wildman–Crippen MR) is 68.7 cm³/mol. The summed E-state index contributed by atoms with van der Waals surface area (Å²) >= 11 is 0. The molecule has 0 bridgehead atoms. The minimum atomic E-state index is -3.04. The van der Waals surface area contributed by atoms with E-state index in [0.717, 1.165) is 6.26 Å². The van der Waals surface area contributed by atoms with Crippen LogP contribution in [-0.2, 0) is 9.84 Å². The van der Waals surface area contributed by atoms with Gasteiger partial charge in [0.2, 0.25) is 0 Å². The van der Waals surface area contributed by atoms with Crippen LogP contribution >= 0.6 is 0 Å². The van der Waals surface area contributed by atoms with E-state index in [0.29, 0.717) is 13.0 Å². The molecule has 0 aliphatic carbocycles. The van der Waals surface area contributed by atoms with Crippen molar-refractivity contribution in [1.82, 2.24) is 4.90 Å². The summed E-state index contributed by atoms with van der Waals surface area (Å²) in [4.78, 5) is 24.6. The lowest BCUT2D eigenvalue weighted by atomic mass is 10.2. The van der Waals surface area contributed by atoms with Gasteiger partial charge in [-0.3, -0.25) is 4.79 Å². The number of sulfone groups is 1. The van der Waals surface area contributed by atoms with Crippen LogP contribution in [0.1, 0.15) is 23.7 Å². The summed E-state index contributed by atoms with van der Waals surface area (Å²) in [6.45, 7) is 2.21. The maximum absolute atomic E-state index is 12.3. The molecule has 0 N–H and O–H groups in total. The number of hydrogen-bond acceptors (Lipinski definition) is 5. The molecule has 2 rings (SSSR count). The first-order valence-electron chi connectivity index (χ1n) is 6.03. The van der Waals surface area contributed by atoms with Crippen molar-refractivity contribution in [1.29, 1.82) is 0 Å². The molecule has 2 heterocycles. The first-order valence-corrected chi connectivity index (χ1v) is 7.85. The second-order valence-electron chi connectivity index (χ2n) is 4.49. The van der Waals surface area contributed by atoms with E-state index in [2.05, 4.69) is 4.42 Å². The van der Waals surface area contributed by atoms with Crippen LogP contribution in [0, 0.1) is 0 Å². The Bertz CT molecular complexity index is 613. The molecule has 0 aromatic carbocycles. The van der Waals surface area contributed by atoms with Crippen molar-refractivity contribution in [2.24, 2.45) is 0 Å². The topological polar surface area (TPSA) is 84.7 Å². The summed E-state index contributed by atoms with van der Waals surface area (Å²) in [6, 6.07) is 2.27. The smallest absolute Gasteiger partial charge is 0.335 e. The molecular weight excluding hydrogens is 270 g/mol. The average Bonchev–Trinajstić information content (AvgIpc) is 2.71. The maximum Gasteiger partial charge on any atom is 0.335 e. The fourth-order valence-electron chi connectivity index (χ4n) is 2.23. The molecule has 1 fully saturated rings. The van der Waals surface area contributed by atoms with Crippen LogP contribution in [0.15, 0.2) is 27.6 Å². The van der Waals surface area contributed by atoms with Crippen LogP contribution in [0.2, 0.25) is 0 Å². The van der Waals surface area contributed by atoms with Gasteiger partial charge in [-0.25, -0.2) is 13.2 Å². The summed E-state index contributed by atoms with van der Waals surface area (Å²) in [7, 11) is -3.04. The molecule has 0 spiro atoms. The SMILES string of the molecule is CCN(C(=O)c1ccc(=O)oc1)C1CCS(=O)(=O)C1. The Balaban J connectivity index is 2.20. The molecule has 19 heavy (non-hydrogen) atoms. The molecule has 1 aromatic rings. The molecule has 104 valence electrons. The zero-order valence-corrected chi connectivity index (χ0v) is 11.4. The third-order valence-corrected chi connectivity index (χ3v) is 4.95. The van der Waals surface area contributed by atoms with Gasteiger partial charge < -0.3 is 9.32 Å². The monoisotopic (exact) mass is 285 g/mol. The van der Waals surface area contributed by atoms with Crippen molar-refractivity contribution in [3.63, 3.8) is 0 Å². The molecule has 7 heteroatoms. The van der Waals surface area contributed by atoms with Gasteiger partial charge in [-0.05, 0) is 19.4 Å². The number of hydrogen-bond donors (Lipinski definition) is 0. The quantitative estimate of drug-likeness (QED) is 0.797. The van der Waals surface area contributed by atoms with E-state index in [4.69, 9.17) is 0 Å². The third-order valence-electron chi connectivity index (χ3n) is 3.20. The lowest BCUT2D eigenvalue weighted by molar-refractivity contribution is 0.0705. The Morgan fingerprint density at radius 3 is 2.68 bits per heavy atom. The van der Waals surface area contributed by atoms with Crippen LogP contribution in [-0.4, -0.2) is 43.3 Å². The molecule has 1 atom stereocenters. The lowest BCUT2D eigenvalue weighted by Gasteiger charge is -2.26. The maximum atomic E-state index is 12.3. The summed E-state index contributed by atoms with van der Waals surface area (Å²) in [6.07, 6.45) is 1.56. The number of nitrogens with zero attached hydrogens (tertiary/aromatic N) is 1. The van der Waals surface area contributed by atoms with Crippen LogP contribution in [0.25, 0.3) is 0 Å². The summed E-state index contributed by atoms with van der Waals surface area (Å²) in [5.41, 5.74) is -0.270. The summed E-state index contributed by atoms with van der Waals surface area (Å²) in [5.74, 6) is -0.192. The van der Waals surface area contributed by atoms with Gasteiger partial charge in [0.25, 0.3) is 5.91 Å². The number of carbonyl (C=O) groups is 1. The Morgan fingerprint density at radius 2 is 2.21 bits per heavy atom. The van der Waals surface area contributed by atoms with Crippen molar-refractivity contribution in [2.75, 3.05) is 18.1 Å². The zero-order chi connectivity index (χ0) is 14.0. The molecule has 1 saturated heterocycles. The molecule has 1 aromatic heterocycles. The van der Waals surface area contributed by atoms with Crippen molar-refractivity contribution in [3.8, 4) is 0 Å². The van der Waals surface area contributed by atoms with Crippen molar-refractivity contribution >= 4 is 15.7 Å². The van der Waals surface area contributed by atoms with Crippen molar-refractivity contribution < 1.29 is 17.6 Å². The highest BCUT2D eigenvalue weighted by molar-refractivity contribution is 7.91. The van der Waals surface area contributed by atoms with Gasteiger partial charge in [0.15, 0.2) is 9.84 Å². The molecule has 1 aliphatic heterocycles. The van der Waals surface area contributed by atoms with Crippen LogP contribution in [0.3, 0.4) is 0 Å². The highest BCUT2D eigenvalue weighted by atomic mass is 32.2. The number of carbonyl (C=O) groups excluding carboxylic acids is 1. The molecule has 1 amide bonds. The van der Waals surface area contributed by atoms with Crippen LogP contribution in [0.4, 0.5) is 0 Å². The van der Waals surface area contributed by atoms with Gasteiger partial charge in [-0.2, -0.15) is 0 Å².